The molecule has 2 heterocycles. The fraction of sp³-hybridized carbons (Fsp3) is 0.630. The van der Waals surface area contributed by atoms with Gasteiger partial charge in [-0.15, -0.1) is 0 Å². The molecule has 0 bridgehead atoms. The van der Waals surface area contributed by atoms with Crippen LogP contribution in [0.2, 0.25) is 0 Å². The van der Waals surface area contributed by atoms with Crippen LogP contribution in [0.5, 0.6) is 5.75 Å². The highest BCUT2D eigenvalue weighted by molar-refractivity contribution is 5.93. The van der Waals surface area contributed by atoms with Gasteiger partial charge in [0.05, 0.1) is 19.8 Å². The molecule has 1 aromatic carbocycles. The average molecular weight is 548 g/mol. The average Bonchev–Trinajstić information content (AvgIpc) is 3.38. The monoisotopic (exact) mass is 547 g/mol. The van der Waals surface area contributed by atoms with Crippen molar-refractivity contribution < 1.29 is 33.4 Å². The van der Waals surface area contributed by atoms with Crippen molar-refractivity contribution >= 4 is 23.6 Å². The van der Waals surface area contributed by atoms with E-state index < -0.39 is 18.0 Å². The van der Waals surface area contributed by atoms with Crippen molar-refractivity contribution in [1.29, 1.82) is 0 Å². The molecule has 12 nitrogen and oxygen atoms in total. The lowest BCUT2D eigenvalue weighted by Gasteiger charge is -2.29. The topological polar surface area (TPSA) is 139 Å². The van der Waals surface area contributed by atoms with E-state index in [0.717, 1.165) is 0 Å². The summed E-state index contributed by atoms with van der Waals surface area (Å²) in [5.41, 5.74) is 0. The first-order chi connectivity index (χ1) is 18.8. The van der Waals surface area contributed by atoms with E-state index in [2.05, 4.69) is 16.0 Å². The standard InChI is InChI=1S/C27H41N5O7/c1-31(2)20-16-23-26(35)29-12-13-37-14-15-38-18-25(34)30-22(27(36)32(23)17-20)10-6-7-11-28-24(33)19-39-21-8-4-3-5-9-21/h3-5,8-9,20,22-23H,6-7,10-19H2,1-2H3,(H,28,33)(H,29,35)(H,30,34)/t20-,22-,23-/m0/s1. The first-order valence-corrected chi connectivity index (χ1v) is 13.5. The van der Waals surface area contributed by atoms with Crippen LogP contribution in [0, 0.1) is 0 Å². The Morgan fingerprint density at radius 3 is 2.64 bits per heavy atom. The van der Waals surface area contributed by atoms with Gasteiger partial charge in [-0.05, 0) is 51.9 Å². The second-order valence-corrected chi connectivity index (χ2v) is 9.88. The molecular weight excluding hydrogens is 506 g/mol. The molecule has 0 radical (unpaired) electrons. The second-order valence-electron chi connectivity index (χ2n) is 9.88. The largest absolute Gasteiger partial charge is 0.484 e. The summed E-state index contributed by atoms with van der Waals surface area (Å²) >= 11 is 0. The van der Waals surface area contributed by atoms with Crippen LogP contribution in [-0.4, -0.2) is 118 Å². The van der Waals surface area contributed by atoms with Crippen molar-refractivity contribution in [3.63, 3.8) is 0 Å². The minimum atomic E-state index is -0.809. The van der Waals surface area contributed by atoms with Crippen molar-refractivity contribution in [3.8, 4) is 5.75 Å². The van der Waals surface area contributed by atoms with Gasteiger partial charge >= 0.3 is 0 Å². The number of hydrogen-bond acceptors (Lipinski definition) is 8. The first-order valence-electron chi connectivity index (χ1n) is 13.5. The number of carbonyl (C=O) groups excluding carboxylic acids is 4. The molecule has 3 atom stereocenters. The molecule has 0 aromatic heterocycles. The molecule has 0 aliphatic carbocycles. The first kappa shape index (κ1) is 30.3. The van der Waals surface area contributed by atoms with E-state index in [1.54, 1.807) is 17.0 Å². The summed E-state index contributed by atoms with van der Waals surface area (Å²) in [4.78, 5) is 54.9. The third-order valence-electron chi connectivity index (χ3n) is 6.73. The van der Waals surface area contributed by atoms with Gasteiger partial charge in [0.2, 0.25) is 17.7 Å². The fourth-order valence-corrected chi connectivity index (χ4v) is 4.54. The summed E-state index contributed by atoms with van der Waals surface area (Å²) in [7, 11) is 3.84. The predicted molar refractivity (Wildman–Crippen MR) is 143 cm³/mol. The van der Waals surface area contributed by atoms with Crippen LogP contribution in [0.15, 0.2) is 30.3 Å². The molecule has 39 heavy (non-hydrogen) atoms. The van der Waals surface area contributed by atoms with E-state index in [1.165, 1.54) is 0 Å². The van der Waals surface area contributed by atoms with Crippen molar-refractivity contribution in [2.24, 2.45) is 0 Å². The smallest absolute Gasteiger partial charge is 0.257 e. The van der Waals surface area contributed by atoms with E-state index in [4.69, 9.17) is 14.2 Å². The quantitative estimate of drug-likeness (QED) is 0.353. The van der Waals surface area contributed by atoms with Gasteiger partial charge in [-0.1, -0.05) is 18.2 Å². The Morgan fingerprint density at radius 1 is 1.10 bits per heavy atom. The number of benzene rings is 1. The van der Waals surface area contributed by atoms with Crippen LogP contribution in [0.1, 0.15) is 25.7 Å². The Bertz CT molecular complexity index is 946. The number of carbonyl (C=O) groups is 4. The maximum atomic E-state index is 13.7. The van der Waals surface area contributed by atoms with Gasteiger partial charge in [0.1, 0.15) is 24.4 Å². The van der Waals surface area contributed by atoms with Gasteiger partial charge in [0.15, 0.2) is 6.61 Å². The molecule has 2 aliphatic heterocycles. The second kappa shape index (κ2) is 16.0. The van der Waals surface area contributed by atoms with Gasteiger partial charge in [-0.2, -0.15) is 0 Å². The molecule has 3 rings (SSSR count). The van der Waals surface area contributed by atoms with Crippen molar-refractivity contribution in [3.05, 3.63) is 30.3 Å². The van der Waals surface area contributed by atoms with Crippen LogP contribution in [0.25, 0.3) is 0 Å². The zero-order valence-corrected chi connectivity index (χ0v) is 22.9. The van der Waals surface area contributed by atoms with E-state index in [0.29, 0.717) is 64.3 Å². The molecule has 12 heteroatoms. The SMILES string of the molecule is CN(C)[C@H]1C[C@H]2C(=O)NCCOCCOCC(=O)N[C@@H](CCCCNC(=O)COc3ccccc3)C(=O)N2C1. The number of hydrogen-bond donors (Lipinski definition) is 3. The molecule has 0 saturated carbocycles. The summed E-state index contributed by atoms with van der Waals surface area (Å²) in [6.45, 7) is 1.69. The highest BCUT2D eigenvalue weighted by Gasteiger charge is 2.42. The third-order valence-corrected chi connectivity index (χ3v) is 6.73. The summed E-state index contributed by atoms with van der Waals surface area (Å²) in [5, 5.41) is 8.47. The number of rotatable bonds is 9. The Labute approximate surface area is 229 Å². The molecule has 2 saturated heterocycles. The normalized spacial score (nSPS) is 23.3. The molecule has 3 N–H and O–H groups in total. The van der Waals surface area contributed by atoms with Crippen molar-refractivity contribution in [1.82, 2.24) is 25.8 Å². The Hall–Kier alpha value is -3.22. The minimum absolute atomic E-state index is 0.0211. The highest BCUT2D eigenvalue weighted by Crippen LogP contribution is 2.23. The molecule has 0 spiro atoms. The van der Waals surface area contributed by atoms with Crippen LogP contribution in [-0.2, 0) is 28.7 Å². The molecule has 4 amide bonds. The van der Waals surface area contributed by atoms with Gasteiger partial charge in [0, 0.05) is 25.7 Å². The van der Waals surface area contributed by atoms with Gasteiger partial charge in [-0.25, -0.2) is 0 Å². The van der Waals surface area contributed by atoms with E-state index in [-0.39, 0.29) is 43.6 Å². The number of fused-ring (bicyclic) bond motifs is 1. The van der Waals surface area contributed by atoms with Crippen molar-refractivity contribution in [2.75, 3.05) is 66.8 Å². The summed E-state index contributed by atoms with van der Waals surface area (Å²) < 4.78 is 16.3. The number of amides is 4. The van der Waals surface area contributed by atoms with Gasteiger partial charge in [-0.3, -0.25) is 19.2 Å². The number of ether oxygens (including phenoxy) is 3. The van der Waals surface area contributed by atoms with Crippen LogP contribution < -0.4 is 20.7 Å². The lowest BCUT2D eigenvalue weighted by Crippen LogP contribution is -2.54. The zero-order chi connectivity index (χ0) is 28.0. The summed E-state index contributed by atoms with van der Waals surface area (Å²) in [5.74, 6) is -0.543. The maximum Gasteiger partial charge on any atom is 0.257 e. The van der Waals surface area contributed by atoms with Crippen LogP contribution >= 0.6 is 0 Å². The molecule has 216 valence electrons. The van der Waals surface area contributed by atoms with Gasteiger partial charge in [0.25, 0.3) is 5.91 Å². The molecule has 1 aromatic rings. The Balaban J connectivity index is 1.56. The third kappa shape index (κ3) is 10.1. The number of nitrogens with zero attached hydrogens (tertiary/aromatic N) is 2. The van der Waals surface area contributed by atoms with Crippen molar-refractivity contribution in [2.45, 2.75) is 43.8 Å². The Morgan fingerprint density at radius 2 is 1.87 bits per heavy atom. The molecule has 0 unspecified atom stereocenters. The predicted octanol–water partition coefficient (Wildman–Crippen LogP) is -0.469. The molecule has 2 aliphatic rings. The zero-order valence-electron chi connectivity index (χ0n) is 22.9. The summed E-state index contributed by atoms with van der Waals surface area (Å²) in [6, 6.07) is 7.67. The van der Waals surface area contributed by atoms with E-state index in [9.17, 15) is 19.2 Å². The molecule has 2 fully saturated rings. The number of nitrogens with one attached hydrogen (secondary N) is 3. The lowest BCUT2D eigenvalue weighted by molar-refractivity contribution is -0.142. The lowest BCUT2D eigenvalue weighted by atomic mass is 10.1. The fourth-order valence-electron chi connectivity index (χ4n) is 4.54. The van der Waals surface area contributed by atoms with Gasteiger partial charge < -0.3 is 40.0 Å². The summed E-state index contributed by atoms with van der Waals surface area (Å²) in [6.07, 6.45) is 2.05. The number of likely N-dealkylation sites (N-methyl/N-ethyl adjacent to an activating group) is 1. The highest BCUT2D eigenvalue weighted by atomic mass is 16.5. The number of unbranched alkanes of at least 4 members (excludes halogenated alkanes) is 1. The maximum absolute atomic E-state index is 13.7. The van der Waals surface area contributed by atoms with E-state index in [1.807, 2.05) is 37.2 Å². The van der Waals surface area contributed by atoms with Crippen LogP contribution in [0.4, 0.5) is 0 Å². The molecular formula is C27H41N5O7. The Kier molecular flexibility index (Phi) is 12.5. The van der Waals surface area contributed by atoms with E-state index >= 15 is 0 Å². The number of para-hydroxylation sites is 1. The minimum Gasteiger partial charge on any atom is -0.484 e. The van der Waals surface area contributed by atoms with Crippen LogP contribution in [0.3, 0.4) is 0 Å².